The number of carbonyl (C=O) groups is 2. The van der Waals surface area contributed by atoms with Gasteiger partial charge in [0.1, 0.15) is 17.3 Å². The van der Waals surface area contributed by atoms with Crippen molar-refractivity contribution in [2.45, 2.75) is 19.4 Å². The Kier molecular flexibility index (Phi) is 7.01. The van der Waals surface area contributed by atoms with Crippen molar-refractivity contribution in [3.8, 4) is 17.2 Å². The van der Waals surface area contributed by atoms with E-state index in [0.717, 1.165) is 6.42 Å². The molecule has 35 heavy (non-hydrogen) atoms. The molecule has 3 aromatic rings. The average Bonchev–Trinajstić information content (AvgIpc) is 3.17. The Bertz CT molecular complexity index is 1250. The summed E-state index contributed by atoms with van der Waals surface area (Å²) in [5, 5.41) is 11.3. The van der Waals surface area contributed by atoms with Crippen molar-refractivity contribution in [1.29, 1.82) is 0 Å². The van der Waals surface area contributed by atoms with Crippen molar-refractivity contribution in [1.82, 2.24) is 4.98 Å². The number of pyridine rings is 1. The average molecular weight is 475 g/mol. The van der Waals surface area contributed by atoms with Crippen LogP contribution in [0.1, 0.15) is 30.5 Å². The van der Waals surface area contributed by atoms with Crippen LogP contribution in [-0.4, -0.2) is 42.6 Å². The molecular formula is C27H26N2O6. The minimum absolute atomic E-state index is 0.0462. The van der Waals surface area contributed by atoms with Gasteiger partial charge in [0.25, 0.3) is 5.78 Å². The topological polar surface area (TPSA) is 98.2 Å². The molecule has 0 radical (unpaired) electrons. The van der Waals surface area contributed by atoms with Crippen LogP contribution in [0.2, 0.25) is 0 Å². The molecule has 0 aliphatic carbocycles. The highest BCUT2D eigenvalue weighted by Gasteiger charge is 2.47. The molecule has 8 nitrogen and oxygen atoms in total. The van der Waals surface area contributed by atoms with Crippen molar-refractivity contribution < 1.29 is 28.9 Å². The molecule has 180 valence electrons. The number of carbonyl (C=O) groups excluding carboxylic acids is 2. The summed E-state index contributed by atoms with van der Waals surface area (Å²) in [6.07, 6.45) is 2.40. The molecule has 2 heterocycles. The number of aliphatic hydroxyl groups is 1. The number of benzene rings is 2. The molecule has 4 rings (SSSR count). The lowest BCUT2D eigenvalue weighted by atomic mass is 9.95. The van der Waals surface area contributed by atoms with E-state index in [0.29, 0.717) is 35.0 Å². The number of ketones is 1. The van der Waals surface area contributed by atoms with Gasteiger partial charge in [0.15, 0.2) is 11.5 Å². The number of amides is 1. The summed E-state index contributed by atoms with van der Waals surface area (Å²) >= 11 is 0. The van der Waals surface area contributed by atoms with Gasteiger partial charge in [0.2, 0.25) is 0 Å². The Morgan fingerprint density at radius 3 is 2.37 bits per heavy atom. The van der Waals surface area contributed by atoms with Crippen LogP contribution in [-0.2, 0) is 9.59 Å². The van der Waals surface area contributed by atoms with Gasteiger partial charge in [-0.2, -0.15) is 0 Å². The van der Waals surface area contributed by atoms with Crippen molar-refractivity contribution >= 4 is 23.3 Å². The number of methoxy groups -OCH3 is 2. The maximum absolute atomic E-state index is 13.3. The third-order valence-electron chi connectivity index (χ3n) is 5.66. The van der Waals surface area contributed by atoms with Gasteiger partial charge in [0, 0.05) is 11.8 Å². The first kappa shape index (κ1) is 23.8. The first-order valence-corrected chi connectivity index (χ1v) is 11.2. The van der Waals surface area contributed by atoms with Crippen LogP contribution >= 0.6 is 0 Å². The predicted octanol–water partition coefficient (Wildman–Crippen LogP) is 4.51. The molecule has 1 fully saturated rings. The van der Waals surface area contributed by atoms with Crippen LogP contribution < -0.4 is 19.1 Å². The molecule has 1 amide bonds. The van der Waals surface area contributed by atoms with E-state index in [9.17, 15) is 14.7 Å². The number of hydrogen-bond donors (Lipinski definition) is 1. The first-order chi connectivity index (χ1) is 17.0. The van der Waals surface area contributed by atoms with Gasteiger partial charge in [-0.3, -0.25) is 14.5 Å². The smallest absolute Gasteiger partial charge is 0.301 e. The summed E-state index contributed by atoms with van der Waals surface area (Å²) in [5.74, 6) is -0.0240. The van der Waals surface area contributed by atoms with Gasteiger partial charge in [-0.1, -0.05) is 19.1 Å². The molecular weight excluding hydrogens is 448 g/mol. The van der Waals surface area contributed by atoms with E-state index in [1.165, 1.54) is 25.3 Å². The number of nitrogens with zero attached hydrogens (tertiary/aromatic N) is 2. The van der Waals surface area contributed by atoms with E-state index in [4.69, 9.17) is 14.2 Å². The summed E-state index contributed by atoms with van der Waals surface area (Å²) in [4.78, 5) is 32.0. The molecule has 0 saturated carbocycles. The number of Topliss-reactive ketones (excluding diaryl/α,β-unsaturated/α-hetero) is 1. The van der Waals surface area contributed by atoms with Gasteiger partial charge in [0.05, 0.1) is 32.4 Å². The molecule has 1 aliphatic rings. The highest BCUT2D eigenvalue weighted by Crippen LogP contribution is 2.43. The third-order valence-corrected chi connectivity index (χ3v) is 5.66. The van der Waals surface area contributed by atoms with Gasteiger partial charge < -0.3 is 19.3 Å². The van der Waals surface area contributed by atoms with Crippen LogP contribution in [0.3, 0.4) is 0 Å². The van der Waals surface area contributed by atoms with Crippen LogP contribution in [0.4, 0.5) is 5.82 Å². The van der Waals surface area contributed by atoms with E-state index in [1.807, 2.05) is 6.92 Å². The van der Waals surface area contributed by atoms with Gasteiger partial charge >= 0.3 is 5.91 Å². The fourth-order valence-corrected chi connectivity index (χ4v) is 3.99. The summed E-state index contributed by atoms with van der Waals surface area (Å²) in [7, 11) is 3.02. The van der Waals surface area contributed by atoms with Crippen molar-refractivity contribution in [3.05, 3.63) is 83.6 Å². The molecule has 0 spiro atoms. The van der Waals surface area contributed by atoms with Gasteiger partial charge in [-0.15, -0.1) is 0 Å². The largest absolute Gasteiger partial charge is 0.507 e. The normalized spacial score (nSPS) is 16.9. The number of ether oxygens (including phenoxy) is 3. The molecule has 8 heteroatoms. The fourth-order valence-electron chi connectivity index (χ4n) is 3.99. The number of aliphatic hydroxyl groups excluding tert-OH is 1. The van der Waals surface area contributed by atoms with Crippen LogP contribution in [0, 0.1) is 0 Å². The number of aromatic nitrogens is 1. The molecule has 0 unspecified atom stereocenters. The number of anilines is 1. The second-order valence-electron chi connectivity index (χ2n) is 7.84. The lowest BCUT2D eigenvalue weighted by Crippen LogP contribution is -2.30. The summed E-state index contributed by atoms with van der Waals surface area (Å²) in [6.45, 7) is 2.58. The van der Waals surface area contributed by atoms with Gasteiger partial charge in [-0.05, 0) is 60.5 Å². The Hall–Kier alpha value is -4.33. The van der Waals surface area contributed by atoms with Crippen molar-refractivity contribution in [2.24, 2.45) is 0 Å². The zero-order valence-corrected chi connectivity index (χ0v) is 19.7. The van der Waals surface area contributed by atoms with Crippen molar-refractivity contribution in [3.63, 3.8) is 0 Å². The fraction of sp³-hybridized carbons (Fsp3) is 0.222. The van der Waals surface area contributed by atoms with Gasteiger partial charge in [-0.25, -0.2) is 4.98 Å². The van der Waals surface area contributed by atoms with Crippen LogP contribution in [0.25, 0.3) is 5.76 Å². The second kappa shape index (κ2) is 10.3. The van der Waals surface area contributed by atoms with E-state index in [1.54, 1.807) is 60.7 Å². The quantitative estimate of drug-likeness (QED) is 0.291. The number of hydrogen-bond acceptors (Lipinski definition) is 7. The molecule has 2 aromatic carbocycles. The lowest BCUT2D eigenvalue weighted by Gasteiger charge is -2.25. The highest BCUT2D eigenvalue weighted by atomic mass is 16.5. The Balaban J connectivity index is 1.87. The minimum Gasteiger partial charge on any atom is -0.507 e. The number of rotatable bonds is 8. The molecule has 0 bridgehead atoms. The highest BCUT2D eigenvalue weighted by molar-refractivity contribution is 6.51. The molecule has 1 atom stereocenters. The van der Waals surface area contributed by atoms with E-state index < -0.39 is 17.7 Å². The Morgan fingerprint density at radius 2 is 1.74 bits per heavy atom. The Morgan fingerprint density at radius 1 is 1.00 bits per heavy atom. The monoisotopic (exact) mass is 474 g/mol. The van der Waals surface area contributed by atoms with Crippen LogP contribution in [0.5, 0.6) is 17.2 Å². The second-order valence-corrected chi connectivity index (χ2v) is 7.84. The maximum Gasteiger partial charge on any atom is 0.301 e. The van der Waals surface area contributed by atoms with Crippen LogP contribution in [0.15, 0.2) is 72.4 Å². The zero-order chi connectivity index (χ0) is 24.9. The summed E-state index contributed by atoms with van der Waals surface area (Å²) in [6, 6.07) is 16.0. The molecule has 1 saturated heterocycles. The first-order valence-electron chi connectivity index (χ1n) is 11.2. The summed E-state index contributed by atoms with van der Waals surface area (Å²) < 4.78 is 16.4. The summed E-state index contributed by atoms with van der Waals surface area (Å²) in [5.41, 5.74) is 0.894. The predicted molar refractivity (Wildman–Crippen MR) is 131 cm³/mol. The van der Waals surface area contributed by atoms with Crippen molar-refractivity contribution in [2.75, 3.05) is 25.7 Å². The Labute approximate surface area is 203 Å². The van der Waals surface area contributed by atoms with E-state index in [-0.39, 0.29) is 17.2 Å². The molecule has 1 N–H and O–H groups in total. The zero-order valence-electron chi connectivity index (χ0n) is 19.7. The van der Waals surface area contributed by atoms with E-state index in [2.05, 4.69) is 4.98 Å². The SMILES string of the molecule is CCCOc1ccc(/C(O)=C2\C(=O)C(=O)N(c3ccccn3)[C@H]2c2ccc(OC)c(OC)c2)cc1. The molecule has 1 aliphatic heterocycles. The third kappa shape index (κ3) is 4.55. The minimum atomic E-state index is -0.930. The standard InChI is InChI=1S/C27H26N2O6/c1-4-15-35-19-11-8-17(9-12-19)25(30)23-24(18-10-13-20(33-2)21(16-18)34-3)29(27(32)26(23)31)22-7-5-6-14-28-22/h5-14,16,24,30H,4,15H2,1-3H3/b25-23+/t24-/m0/s1. The van der Waals surface area contributed by atoms with E-state index >= 15 is 0 Å². The molecule has 1 aromatic heterocycles. The lowest BCUT2D eigenvalue weighted by molar-refractivity contribution is -0.132. The maximum atomic E-state index is 13.3.